The van der Waals surface area contributed by atoms with Crippen molar-refractivity contribution in [3.63, 3.8) is 0 Å². The Balaban J connectivity index is 1.98. The van der Waals surface area contributed by atoms with Crippen LogP contribution in [0.2, 0.25) is 0 Å². The van der Waals surface area contributed by atoms with Crippen LogP contribution < -0.4 is 0 Å². The van der Waals surface area contributed by atoms with Gasteiger partial charge in [-0.2, -0.15) is 0 Å². The standard InChI is InChI=1S/C21H22O5/c1-6-21(4,5)24-20(23)16-9-7-8-14(12(16)2)18(22)15-10-11-17-19(13(15)3)26-25-17/h7-11H,6H2,1-5H3. The Bertz CT molecular complexity index is 987. The second-order valence-electron chi connectivity index (χ2n) is 7.04. The first-order valence-electron chi connectivity index (χ1n) is 8.61. The number of ketones is 1. The lowest BCUT2D eigenvalue weighted by molar-refractivity contribution is -0.00251. The molecule has 0 N–H and O–H groups in total. The van der Waals surface area contributed by atoms with E-state index in [0.717, 1.165) is 5.56 Å². The van der Waals surface area contributed by atoms with Gasteiger partial charge in [0.25, 0.3) is 0 Å². The molecule has 3 aromatic rings. The average Bonchev–Trinajstić information content (AvgIpc) is 2.55. The molecule has 5 nitrogen and oxygen atoms in total. The van der Waals surface area contributed by atoms with Crippen LogP contribution in [0, 0.1) is 13.8 Å². The smallest absolute Gasteiger partial charge is 0.338 e. The van der Waals surface area contributed by atoms with Crippen LogP contribution in [0.1, 0.15) is 64.6 Å². The fraction of sp³-hybridized carbons (Fsp3) is 0.333. The maximum Gasteiger partial charge on any atom is 0.338 e. The molecule has 0 amide bonds. The predicted molar refractivity (Wildman–Crippen MR) is 97.6 cm³/mol. The number of rotatable bonds is 5. The minimum atomic E-state index is -0.556. The summed E-state index contributed by atoms with van der Waals surface area (Å²) in [4.78, 5) is 25.6. The Morgan fingerprint density at radius 1 is 0.962 bits per heavy atom. The Labute approximate surface area is 151 Å². The Hall–Kier alpha value is -2.82. The molecule has 0 radical (unpaired) electrons. The molecule has 0 aliphatic carbocycles. The van der Waals surface area contributed by atoms with E-state index in [1.165, 1.54) is 0 Å². The van der Waals surface area contributed by atoms with Gasteiger partial charge in [0.1, 0.15) is 5.60 Å². The Morgan fingerprint density at radius 2 is 1.62 bits per heavy atom. The van der Waals surface area contributed by atoms with Gasteiger partial charge in [0.2, 0.25) is 11.2 Å². The molecule has 0 unspecified atom stereocenters. The molecule has 1 aromatic heterocycles. The van der Waals surface area contributed by atoms with E-state index in [9.17, 15) is 9.59 Å². The summed E-state index contributed by atoms with van der Waals surface area (Å²) in [5.41, 5.74) is 3.36. The van der Waals surface area contributed by atoms with Crippen molar-refractivity contribution >= 4 is 22.9 Å². The molecule has 0 saturated heterocycles. The minimum Gasteiger partial charge on any atom is -0.456 e. The van der Waals surface area contributed by atoms with Crippen molar-refractivity contribution in [3.05, 3.63) is 58.1 Å². The molecule has 0 aliphatic rings. The highest BCUT2D eigenvalue weighted by Gasteiger charge is 2.25. The van der Waals surface area contributed by atoms with Crippen LogP contribution in [0.5, 0.6) is 0 Å². The first kappa shape index (κ1) is 18.0. The molecular weight excluding hydrogens is 332 g/mol. The normalized spacial score (nSPS) is 11.7. The van der Waals surface area contributed by atoms with E-state index >= 15 is 0 Å². The van der Waals surface area contributed by atoms with Crippen LogP contribution in [0.4, 0.5) is 0 Å². The third kappa shape index (κ3) is 3.05. The molecule has 1 heterocycles. The second-order valence-corrected chi connectivity index (χ2v) is 7.04. The fourth-order valence-corrected chi connectivity index (χ4v) is 2.76. The highest BCUT2D eigenvalue weighted by atomic mass is 17.0. The molecule has 0 spiro atoms. The summed E-state index contributed by atoms with van der Waals surface area (Å²) in [6.07, 6.45) is 0.701. The summed E-state index contributed by atoms with van der Waals surface area (Å²) in [5, 5.41) is 0. The van der Waals surface area contributed by atoms with Gasteiger partial charge in [-0.15, -0.1) is 0 Å². The van der Waals surface area contributed by atoms with E-state index < -0.39 is 11.6 Å². The molecular formula is C21H22O5. The van der Waals surface area contributed by atoms with Gasteiger partial charge in [-0.3, -0.25) is 13.9 Å². The number of fused-ring (bicyclic) bond motifs is 1. The molecule has 5 heteroatoms. The van der Waals surface area contributed by atoms with Gasteiger partial charge in [0.05, 0.1) is 5.56 Å². The number of hydrogen-bond donors (Lipinski definition) is 0. The molecule has 26 heavy (non-hydrogen) atoms. The molecule has 0 bridgehead atoms. The summed E-state index contributed by atoms with van der Waals surface area (Å²) in [6.45, 7) is 9.26. The second kappa shape index (κ2) is 6.48. The van der Waals surface area contributed by atoms with Gasteiger partial charge >= 0.3 is 5.97 Å². The quantitative estimate of drug-likeness (QED) is 0.357. The van der Waals surface area contributed by atoms with Crippen LogP contribution >= 0.6 is 0 Å². The number of hydrogen-bond acceptors (Lipinski definition) is 5. The van der Waals surface area contributed by atoms with Gasteiger partial charge in [-0.25, -0.2) is 4.79 Å². The molecule has 0 atom stereocenters. The third-order valence-corrected chi connectivity index (χ3v) is 4.85. The van der Waals surface area contributed by atoms with Crippen LogP contribution in [-0.2, 0) is 4.74 Å². The third-order valence-electron chi connectivity index (χ3n) is 4.85. The SMILES string of the molecule is CCC(C)(C)OC(=O)c1cccc(C(=O)c2ccc3ooc3c2C)c1C. The molecule has 3 rings (SSSR count). The van der Waals surface area contributed by atoms with Crippen molar-refractivity contribution in [1.82, 2.24) is 0 Å². The monoisotopic (exact) mass is 354 g/mol. The van der Waals surface area contributed by atoms with Crippen molar-refractivity contribution in [2.24, 2.45) is 0 Å². The van der Waals surface area contributed by atoms with Crippen LogP contribution in [-0.4, -0.2) is 17.4 Å². The largest absolute Gasteiger partial charge is 0.456 e. The Morgan fingerprint density at radius 3 is 2.23 bits per heavy atom. The van der Waals surface area contributed by atoms with E-state index in [4.69, 9.17) is 13.9 Å². The molecule has 136 valence electrons. The first-order chi connectivity index (χ1) is 12.2. The Kier molecular flexibility index (Phi) is 4.48. The minimum absolute atomic E-state index is 0.164. The highest BCUT2D eigenvalue weighted by Crippen LogP contribution is 2.28. The van der Waals surface area contributed by atoms with Gasteiger partial charge in [-0.1, -0.05) is 19.1 Å². The van der Waals surface area contributed by atoms with E-state index in [1.807, 2.05) is 27.7 Å². The van der Waals surface area contributed by atoms with Crippen molar-refractivity contribution < 1.29 is 23.5 Å². The first-order valence-corrected chi connectivity index (χ1v) is 8.61. The van der Waals surface area contributed by atoms with Gasteiger partial charge in [-0.05, 0) is 57.9 Å². The molecule has 0 saturated carbocycles. The van der Waals surface area contributed by atoms with Gasteiger partial charge in [0.15, 0.2) is 5.78 Å². The van der Waals surface area contributed by atoms with Crippen molar-refractivity contribution in [1.29, 1.82) is 0 Å². The molecule has 0 fully saturated rings. The lowest BCUT2D eigenvalue weighted by atomic mass is 9.93. The maximum atomic E-state index is 13.0. The summed E-state index contributed by atoms with van der Waals surface area (Å²) < 4.78 is 15.4. The van der Waals surface area contributed by atoms with Crippen molar-refractivity contribution in [2.45, 2.75) is 46.6 Å². The summed E-state index contributed by atoms with van der Waals surface area (Å²) >= 11 is 0. The highest BCUT2D eigenvalue weighted by molar-refractivity contribution is 6.13. The summed E-state index contributed by atoms with van der Waals surface area (Å²) in [5.74, 6) is -0.586. The number of carbonyl (C=O) groups excluding carboxylic acids is 2. The van der Waals surface area contributed by atoms with Gasteiger partial charge < -0.3 is 4.74 Å². The maximum absolute atomic E-state index is 13.0. The van der Waals surface area contributed by atoms with Gasteiger partial charge in [0, 0.05) is 16.7 Å². The summed E-state index contributed by atoms with van der Waals surface area (Å²) in [7, 11) is 0. The number of esters is 1. The van der Waals surface area contributed by atoms with Crippen LogP contribution in [0.15, 0.2) is 39.5 Å². The summed E-state index contributed by atoms with van der Waals surface area (Å²) in [6, 6.07) is 8.52. The number of benzene rings is 2. The number of ether oxygens (including phenoxy) is 1. The number of aryl methyl sites for hydroxylation is 1. The van der Waals surface area contributed by atoms with Crippen molar-refractivity contribution in [3.8, 4) is 0 Å². The van der Waals surface area contributed by atoms with E-state index in [-0.39, 0.29) is 5.78 Å². The van der Waals surface area contributed by atoms with E-state index in [1.54, 1.807) is 37.3 Å². The lowest BCUT2D eigenvalue weighted by Crippen LogP contribution is -2.27. The molecule has 0 aliphatic heterocycles. The lowest BCUT2D eigenvalue weighted by Gasteiger charge is -2.24. The zero-order chi connectivity index (χ0) is 19.1. The average molecular weight is 354 g/mol. The predicted octanol–water partition coefficient (Wildman–Crippen LogP) is 5.22. The van der Waals surface area contributed by atoms with Crippen LogP contribution in [0.3, 0.4) is 0 Å². The fourth-order valence-electron chi connectivity index (χ4n) is 2.76. The van der Waals surface area contributed by atoms with E-state index in [0.29, 0.717) is 39.8 Å². The topological polar surface area (TPSA) is 69.7 Å². The van der Waals surface area contributed by atoms with E-state index in [2.05, 4.69) is 0 Å². The molecule has 2 aromatic carbocycles. The van der Waals surface area contributed by atoms with Crippen LogP contribution in [0.25, 0.3) is 11.2 Å². The zero-order valence-electron chi connectivity index (χ0n) is 15.6. The zero-order valence-corrected chi connectivity index (χ0v) is 15.6. The van der Waals surface area contributed by atoms with Crippen molar-refractivity contribution in [2.75, 3.05) is 0 Å². The number of carbonyl (C=O) groups is 2.